The van der Waals surface area contributed by atoms with Crippen LogP contribution in [0.4, 0.5) is 16.0 Å². The molecule has 0 radical (unpaired) electrons. The number of anilines is 2. The molecule has 0 bridgehead atoms. The molecule has 2 heterocycles. The van der Waals surface area contributed by atoms with Crippen LogP contribution in [0.15, 0.2) is 42.5 Å². The third kappa shape index (κ3) is 5.48. The number of nitrogens with zero attached hydrogens (tertiary/aromatic N) is 3. The minimum atomic E-state index is -1.05. The van der Waals surface area contributed by atoms with Gasteiger partial charge in [0.15, 0.2) is 5.82 Å². The first-order chi connectivity index (χ1) is 23.2. The number of hydrogen-bond acceptors (Lipinski definition) is 7. The third-order valence-corrected chi connectivity index (χ3v) is 10.4. The summed E-state index contributed by atoms with van der Waals surface area (Å²) in [7, 11) is 3.33. The topological polar surface area (TPSA) is 118 Å². The van der Waals surface area contributed by atoms with Gasteiger partial charge in [-0.15, -0.1) is 0 Å². The molecule has 48 heavy (non-hydrogen) atoms. The van der Waals surface area contributed by atoms with E-state index in [-0.39, 0.29) is 28.6 Å². The lowest BCUT2D eigenvalue weighted by Crippen LogP contribution is -2.38. The highest BCUT2D eigenvalue weighted by atomic mass is 35.5. The van der Waals surface area contributed by atoms with Crippen LogP contribution in [0.3, 0.4) is 0 Å². The van der Waals surface area contributed by atoms with Crippen molar-refractivity contribution in [2.24, 2.45) is 7.05 Å². The maximum absolute atomic E-state index is 15.6. The molecule has 1 amide bonds. The van der Waals surface area contributed by atoms with E-state index in [1.165, 1.54) is 12.0 Å². The number of fused-ring (bicyclic) bond motifs is 2. The average molecular weight is 695 g/mol. The highest BCUT2D eigenvalue weighted by Gasteiger charge is 2.50. The smallest absolute Gasteiger partial charge is 0.323 e. The van der Waals surface area contributed by atoms with Crippen LogP contribution in [0, 0.1) is 5.82 Å². The summed E-state index contributed by atoms with van der Waals surface area (Å²) in [5.74, 6) is -0.849. The molecule has 2 aliphatic carbocycles. The largest absolute Gasteiger partial charge is 0.496 e. The summed E-state index contributed by atoms with van der Waals surface area (Å²) >= 11 is 13.6. The Kier molecular flexibility index (Phi) is 8.57. The summed E-state index contributed by atoms with van der Waals surface area (Å²) in [6.45, 7) is 1.43. The molecule has 4 aromatic rings. The Bertz CT molecular complexity index is 1950. The van der Waals surface area contributed by atoms with Gasteiger partial charge >= 0.3 is 5.97 Å². The lowest BCUT2D eigenvalue weighted by molar-refractivity contribution is -0.140. The summed E-state index contributed by atoms with van der Waals surface area (Å²) in [5, 5.41) is 16.0. The Morgan fingerprint density at radius 1 is 1.19 bits per heavy atom. The molecule has 1 atom stereocenters. The van der Waals surface area contributed by atoms with Gasteiger partial charge in [-0.2, -0.15) is 0 Å². The number of imidazole rings is 1. The lowest BCUT2D eigenvalue weighted by atomic mass is 9.96. The van der Waals surface area contributed by atoms with E-state index < -0.39 is 23.4 Å². The molecule has 13 heteroatoms. The molecule has 1 aliphatic heterocycles. The van der Waals surface area contributed by atoms with Gasteiger partial charge in [0.25, 0.3) is 0 Å². The zero-order chi connectivity index (χ0) is 33.7. The van der Waals surface area contributed by atoms with Crippen molar-refractivity contribution in [3.05, 3.63) is 86.4 Å². The normalized spacial score (nSPS) is 17.4. The Morgan fingerprint density at radius 2 is 1.96 bits per heavy atom. The van der Waals surface area contributed by atoms with Gasteiger partial charge < -0.3 is 24.5 Å². The van der Waals surface area contributed by atoms with Crippen molar-refractivity contribution in [1.29, 1.82) is 0 Å². The Balaban J connectivity index is 1.17. The van der Waals surface area contributed by atoms with Gasteiger partial charge in [-0.05, 0) is 48.4 Å². The highest BCUT2D eigenvalue weighted by molar-refractivity contribution is 6.36. The Hall–Kier alpha value is -4.16. The van der Waals surface area contributed by atoms with Gasteiger partial charge in [0, 0.05) is 56.0 Å². The van der Waals surface area contributed by atoms with Gasteiger partial charge in [0.05, 0.1) is 23.5 Å². The molecule has 3 N–H and O–H groups in total. The summed E-state index contributed by atoms with van der Waals surface area (Å²) < 4.78 is 29.4. The predicted octanol–water partition coefficient (Wildman–Crippen LogP) is 6.25. The van der Waals surface area contributed by atoms with Gasteiger partial charge in [-0.1, -0.05) is 53.5 Å². The molecule has 3 aliphatic rings. The zero-order valence-corrected chi connectivity index (χ0v) is 27.9. The van der Waals surface area contributed by atoms with Crippen molar-refractivity contribution in [2.45, 2.75) is 56.8 Å². The number of nitrogens with one attached hydrogen (secondary N) is 2. The van der Waals surface area contributed by atoms with Crippen molar-refractivity contribution in [3.8, 4) is 22.6 Å². The lowest BCUT2D eigenvalue weighted by Gasteiger charge is -2.21. The second-order valence-electron chi connectivity index (χ2n) is 12.3. The van der Waals surface area contributed by atoms with Gasteiger partial charge in [0.2, 0.25) is 12.4 Å². The molecular weight excluding hydrogens is 660 g/mol. The SMILES string of the molecule is COc1cc(OC2CCc3c(-c4cccc(N(C=O)c5nc6c(n5C)CCNC6)c4Cl)cccc32)c(Cl)c(F)c1CNC1(C(=O)O)CC1. The zero-order valence-electron chi connectivity index (χ0n) is 26.4. The number of carboxylic acids is 1. The van der Waals surface area contributed by atoms with Crippen LogP contribution in [-0.2, 0) is 42.6 Å². The van der Waals surface area contributed by atoms with Gasteiger partial charge in [-0.25, -0.2) is 9.37 Å². The van der Waals surface area contributed by atoms with Crippen LogP contribution in [0.25, 0.3) is 11.1 Å². The van der Waals surface area contributed by atoms with Gasteiger partial charge in [0.1, 0.15) is 28.2 Å². The first-order valence-corrected chi connectivity index (χ1v) is 16.5. The van der Waals surface area contributed by atoms with E-state index in [1.807, 2.05) is 41.9 Å². The first-order valence-electron chi connectivity index (χ1n) is 15.8. The Morgan fingerprint density at radius 3 is 2.67 bits per heavy atom. The summed E-state index contributed by atoms with van der Waals surface area (Å²) in [6.07, 6.45) is 3.36. The van der Waals surface area contributed by atoms with E-state index in [0.717, 1.165) is 53.0 Å². The van der Waals surface area contributed by atoms with Crippen LogP contribution in [0.1, 0.15) is 53.4 Å². The maximum Gasteiger partial charge on any atom is 0.323 e. The number of benzene rings is 3. The number of aliphatic carboxylic acids is 1. The number of ether oxygens (including phenoxy) is 2. The van der Waals surface area contributed by atoms with Gasteiger partial charge in [-0.3, -0.25) is 19.8 Å². The number of methoxy groups -OCH3 is 1. The van der Waals surface area contributed by atoms with E-state index in [4.69, 9.17) is 37.7 Å². The summed E-state index contributed by atoms with van der Waals surface area (Å²) in [5.41, 5.74) is 5.23. The second kappa shape index (κ2) is 12.7. The van der Waals surface area contributed by atoms with Crippen molar-refractivity contribution in [2.75, 3.05) is 18.6 Å². The minimum absolute atomic E-state index is 0.0576. The van der Waals surface area contributed by atoms with Crippen molar-refractivity contribution < 1.29 is 28.6 Å². The second-order valence-corrected chi connectivity index (χ2v) is 13.1. The molecule has 0 spiro atoms. The van der Waals surface area contributed by atoms with E-state index in [0.29, 0.717) is 48.9 Å². The molecule has 1 unspecified atom stereocenters. The standard InChI is InChI=1S/C35H34Cl2FN5O5/c1-42-25-11-14-39-17-24(25)41-34(42)43(18-44)26-8-4-7-22(30(26)36)19-5-3-6-21-20(19)9-10-27(21)48-29-15-28(47-2)23(32(38)31(29)37)16-40-35(12-13-35)33(45)46/h3-8,15,18,27,39-40H,9-14,16-17H2,1-2H3,(H,45,46). The fourth-order valence-electron chi connectivity index (χ4n) is 6.83. The number of hydrogen-bond donors (Lipinski definition) is 3. The van der Waals surface area contributed by atoms with Crippen LogP contribution < -0.4 is 25.0 Å². The fourth-order valence-corrected chi connectivity index (χ4v) is 7.36. The first kappa shape index (κ1) is 32.4. The van der Waals surface area contributed by atoms with Crippen molar-refractivity contribution >= 4 is 47.2 Å². The van der Waals surface area contributed by atoms with Crippen molar-refractivity contribution in [1.82, 2.24) is 20.2 Å². The van der Waals surface area contributed by atoms with E-state index in [2.05, 4.69) is 10.6 Å². The number of carbonyl (C=O) groups excluding carboxylic acids is 1. The van der Waals surface area contributed by atoms with Crippen LogP contribution in [-0.4, -0.2) is 46.2 Å². The van der Waals surface area contributed by atoms with Crippen LogP contribution in [0.2, 0.25) is 10.0 Å². The highest BCUT2D eigenvalue weighted by Crippen LogP contribution is 2.46. The Labute approximate surface area is 286 Å². The molecule has 1 fully saturated rings. The number of aromatic nitrogens is 2. The number of carboxylic acid groups (broad SMARTS) is 1. The monoisotopic (exact) mass is 693 g/mol. The fraction of sp³-hybridized carbons (Fsp3) is 0.343. The van der Waals surface area contributed by atoms with E-state index in [1.54, 1.807) is 12.1 Å². The quantitative estimate of drug-likeness (QED) is 0.158. The minimum Gasteiger partial charge on any atom is -0.496 e. The molecule has 250 valence electrons. The molecule has 0 saturated heterocycles. The maximum atomic E-state index is 15.6. The van der Waals surface area contributed by atoms with E-state index >= 15 is 4.39 Å². The average Bonchev–Trinajstić information content (AvgIpc) is 3.68. The summed E-state index contributed by atoms with van der Waals surface area (Å²) in [4.78, 5) is 30.3. The third-order valence-electron chi connectivity index (χ3n) is 9.65. The molecule has 7 rings (SSSR count). The number of halogens is 3. The molecule has 1 saturated carbocycles. The number of rotatable bonds is 11. The molecule has 10 nitrogen and oxygen atoms in total. The van der Waals surface area contributed by atoms with Crippen LogP contribution >= 0.6 is 23.2 Å². The van der Waals surface area contributed by atoms with Crippen molar-refractivity contribution in [3.63, 3.8) is 0 Å². The van der Waals surface area contributed by atoms with E-state index in [9.17, 15) is 14.7 Å². The molecule has 3 aromatic carbocycles. The summed E-state index contributed by atoms with van der Waals surface area (Å²) in [6, 6.07) is 13.0. The number of amides is 1. The molecule has 1 aromatic heterocycles. The predicted molar refractivity (Wildman–Crippen MR) is 180 cm³/mol. The van der Waals surface area contributed by atoms with Crippen LogP contribution in [0.5, 0.6) is 11.5 Å². The number of carbonyl (C=O) groups is 2. The molecular formula is C35H34Cl2FN5O5.